The third-order valence-corrected chi connectivity index (χ3v) is 5.46. The maximum absolute atomic E-state index is 13.1. The van der Waals surface area contributed by atoms with Crippen LogP contribution in [0.4, 0.5) is 0 Å². The van der Waals surface area contributed by atoms with Crippen LogP contribution >= 0.6 is 0 Å². The molecule has 1 atom stereocenters. The van der Waals surface area contributed by atoms with Crippen LogP contribution in [0.15, 0.2) is 71.1 Å². The maximum atomic E-state index is 13.1. The van der Waals surface area contributed by atoms with E-state index in [1.54, 1.807) is 29.2 Å². The zero-order valence-corrected chi connectivity index (χ0v) is 15.0. The standard InChI is InChI=1S/C18H13N7OS/c1-24-11-13(10-20-24)16-6-7-17-21-22-18(25(17)23-16)27(26)14-4-5-15-12(9-14)3-2-8-19-15/h2-11H,1H3. The number of rotatable bonds is 3. The smallest absolute Gasteiger partial charge is 0.247 e. The van der Waals surface area contributed by atoms with Gasteiger partial charge in [0.2, 0.25) is 5.16 Å². The predicted octanol–water partition coefficient (Wildman–Crippen LogP) is 2.24. The molecule has 1 aromatic carbocycles. The van der Waals surface area contributed by atoms with Gasteiger partial charge in [0.15, 0.2) is 5.65 Å². The summed E-state index contributed by atoms with van der Waals surface area (Å²) in [6.07, 6.45) is 5.33. The van der Waals surface area contributed by atoms with E-state index in [-0.39, 0.29) is 5.16 Å². The zero-order chi connectivity index (χ0) is 18.4. The lowest BCUT2D eigenvalue weighted by atomic mass is 10.2. The molecule has 0 bridgehead atoms. The Bertz CT molecular complexity index is 1320. The van der Waals surface area contributed by atoms with Gasteiger partial charge in [-0.05, 0) is 36.4 Å². The van der Waals surface area contributed by atoms with Crippen LogP contribution in [0.5, 0.6) is 0 Å². The zero-order valence-electron chi connectivity index (χ0n) is 14.2. The molecule has 0 radical (unpaired) electrons. The van der Waals surface area contributed by atoms with Crippen LogP contribution in [0.1, 0.15) is 0 Å². The minimum absolute atomic E-state index is 0.277. The largest absolute Gasteiger partial charge is 0.275 e. The lowest BCUT2D eigenvalue weighted by molar-refractivity contribution is 0.668. The number of hydrogen-bond donors (Lipinski definition) is 0. The fourth-order valence-corrected chi connectivity index (χ4v) is 3.91. The molecule has 0 saturated carbocycles. The highest BCUT2D eigenvalue weighted by Crippen LogP contribution is 2.21. The summed E-state index contributed by atoms with van der Waals surface area (Å²) >= 11 is 0. The number of benzene rings is 1. The molecular weight excluding hydrogens is 362 g/mol. The highest BCUT2D eigenvalue weighted by atomic mass is 32.2. The van der Waals surface area contributed by atoms with Gasteiger partial charge in [0, 0.05) is 35.3 Å². The Hall–Kier alpha value is -3.46. The summed E-state index contributed by atoms with van der Waals surface area (Å²) in [6.45, 7) is 0. The molecule has 4 aromatic heterocycles. The van der Waals surface area contributed by atoms with Crippen molar-refractivity contribution in [2.75, 3.05) is 0 Å². The molecule has 8 nitrogen and oxygen atoms in total. The number of pyridine rings is 1. The summed E-state index contributed by atoms with van der Waals surface area (Å²) < 4.78 is 16.4. The van der Waals surface area contributed by atoms with E-state index in [9.17, 15) is 4.21 Å². The van der Waals surface area contributed by atoms with Gasteiger partial charge in [0.25, 0.3) is 0 Å². The first-order valence-corrected chi connectivity index (χ1v) is 9.32. The first kappa shape index (κ1) is 15.8. The van der Waals surface area contributed by atoms with Crippen LogP contribution in [0.2, 0.25) is 0 Å². The molecule has 4 heterocycles. The lowest BCUT2D eigenvalue weighted by Gasteiger charge is -2.03. The van der Waals surface area contributed by atoms with Crippen molar-refractivity contribution in [2.24, 2.45) is 7.05 Å². The van der Waals surface area contributed by atoms with E-state index in [1.165, 1.54) is 4.52 Å². The van der Waals surface area contributed by atoms with E-state index < -0.39 is 10.8 Å². The number of aryl methyl sites for hydroxylation is 1. The van der Waals surface area contributed by atoms with Crippen LogP contribution in [-0.4, -0.2) is 38.8 Å². The minimum Gasteiger partial charge on any atom is -0.275 e. The Morgan fingerprint density at radius 2 is 2.00 bits per heavy atom. The second-order valence-corrected chi connectivity index (χ2v) is 7.37. The van der Waals surface area contributed by atoms with Gasteiger partial charge in [-0.15, -0.1) is 10.2 Å². The summed E-state index contributed by atoms with van der Waals surface area (Å²) in [5.74, 6) is 0. The number of fused-ring (bicyclic) bond motifs is 2. The van der Waals surface area contributed by atoms with Gasteiger partial charge in [-0.25, -0.2) is 4.21 Å². The van der Waals surface area contributed by atoms with Crippen molar-refractivity contribution in [1.82, 2.24) is 34.6 Å². The summed E-state index contributed by atoms with van der Waals surface area (Å²) in [5, 5.41) is 18.1. The average molecular weight is 375 g/mol. The van der Waals surface area contributed by atoms with Crippen molar-refractivity contribution < 1.29 is 4.21 Å². The molecule has 27 heavy (non-hydrogen) atoms. The van der Waals surface area contributed by atoms with Crippen LogP contribution in [-0.2, 0) is 17.8 Å². The molecule has 0 aliphatic heterocycles. The van der Waals surface area contributed by atoms with Gasteiger partial charge in [-0.1, -0.05) is 6.07 Å². The van der Waals surface area contributed by atoms with Gasteiger partial charge in [-0.2, -0.15) is 14.7 Å². The molecule has 5 aromatic rings. The molecule has 0 aliphatic carbocycles. The van der Waals surface area contributed by atoms with Crippen molar-refractivity contribution >= 4 is 27.3 Å². The van der Waals surface area contributed by atoms with Gasteiger partial charge in [-0.3, -0.25) is 9.67 Å². The lowest BCUT2D eigenvalue weighted by Crippen LogP contribution is -2.03. The predicted molar refractivity (Wildman–Crippen MR) is 99.4 cm³/mol. The summed E-state index contributed by atoms with van der Waals surface area (Å²) in [7, 11) is 0.316. The third kappa shape index (κ3) is 2.68. The van der Waals surface area contributed by atoms with E-state index in [0.717, 1.165) is 16.5 Å². The van der Waals surface area contributed by atoms with E-state index in [2.05, 4.69) is 25.4 Å². The SMILES string of the molecule is Cn1cc(-c2ccc3nnc(S(=O)c4ccc5ncccc5c4)n3n2)cn1. The monoisotopic (exact) mass is 375 g/mol. The molecular formula is C18H13N7OS. The molecule has 9 heteroatoms. The summed E-state index contributed by atoms with van der Waals surface area (Å²) in [6, 6.07) is 12.9. The normalized spacial score (nSPS) is 12.6. The fraction of sp³-hybridized carbons (Fsp3) is 0.0556. The number of hydrogen-bond acceptors (Lipinski definition) is 6. The maximum Gasteiger partial charge on any atom is 0.247 e. The Morgan fingerprint density at radius 1 is 1.07 bits per heavy atom. The molecule has 0 spiro atoms. The molecule has 5 rings (SSSR count). The van der Waals surface area contributed by atoms with E-state index in [1.807, 2.05) is 43.6 Å². The quantitative estimate of drug-likeness (QED) is 0.480. The van der Waals surface area contributed by atoms with Gasteiger partial charge in [0.1, 0.15) is 10.8 Å². The van der Waals surface area contributed by atoms with Crippen LogP contribution in [0.3, 0.4) is 0 Å². The van der Waals surface area contributed by atoms with E-state index in [4.69, 9.17) is 0 Å². The van der Waals surface area contributed by atoms with Crippen molar-refractivity contribution in [2.45, 2.75) is 10.1 Å². The van der Waals surface area contributed by atoms with Crippen LogP contribution in [0.25, 0.3) is 27.8 Å². The highest BCUT2D eigenvalue weighted by molar-refractivity contribution is 7.85. The van der Waals surface area contributed by atoms with Crippen LogP contribution < -0.4 is 0 Å². The summed E-state index contributed by atoms with van der Waals surface area (Å²) in [5.41, 5.74) is 2.95. The Labute approximate surface area is 156 Å². The first-order chi connectivity index (χ1) is 13.2. The third-order valence-electron chi connectivity index (χ3n) is 4.19. The van der Waals surface area contributed by atoms with Gasteiger partial charge >= 0.3 is 0 Å². The number of aromatic nitrogens is 7. The van der Waals surface area contributed by atoms with Crippen molar-refractivity contribution in [3.8, 4) is 11.3 Å². The fourth-order valence-electron chi connectivity index (χ4n) is 2.87. The van der Waals surface area contributed by atoms with Crippen molar-refractivity contribution in [3.05, 3.63) is 61.1 Å². The van der Waals surface area contributed by atoms with Crippen molar-refractivity contribution in [3.63, 3.8) is 0 Å². The van der Waals surface area contributed by atoms with Crippen molar-refractivity contribution in [1.29, 1.82) is 0 Å². The average Bonchev–Trinajstić information content (AvgIpc) is 3.32. The van der Waals surface area contributed by atoms with Gasteiger partial charge < -0.3 is 0 Å². The second kappa shape index (κ2) is 6.06. The van der Waals surface area contributed by atoms with E-state index in [0.29, 0.717) is 16.2 Å². The molecule has 0 N–H and O–H groups in total. The second-order valence-electron chi connectivity index (χ2n) is 6.00. The topological polar surface area (TPSA) is 90.9 Å². The Morgan fingerprint density at radius 3 is 2.85 bits per heavy atom. The first-order valence-electron chi connectivity index (χ1n) is 8.17. The Kier molecular flexibility index (Phi) is 3.54. The highest BCUT2D eigenvalue weighted by Gasteiger charge is 2.17. The van der Waals surface area contributed by atoms with Crippen LogP contribution in [0, 0.1) is 0 Å². The summed E-state index contributed by atoms with van der Waals surface area (Å²) in [4.78, 5) is 4.91. The number of nitrogens with zero attached hydrogens (tertiary/aromatic N) is 7. The molecule has 0 amide bonds. The van der Waals surface area contributed by atoms with E-state index >= 15 is 0 Å². The molecule has 0 saturated heterocycles. The molecule has 0 aliphatic rings. The van der Waals surface area contributed by atoms with Gasteiger partial charge in [0.05, 0.1) is 17.4 Å². The Balaban J connectivity index is 1.61. The molecule has 132 valence electrons. The molecule has 0 fully saturated rings. The minimum atomic E-state index is -1.53. The molecule has 1 unspecified atom stereocenters.